The van der Waals surface area contributed by atoms with Gasteiger partial charge in [0, 0.05) is 18.7 Å². The van der Waals surface area contributed by atoms with Crippen LogP contribution >= 0.6 is 0 Å². The van der Waals surface area contributed by atoms with Crippen molar-refractivity contribution in [1.82, 2.24) is 20.5 Å². The van der Waals surface area contributed by atoms with E-state index in [4.69, 9.17) is 0 Å². The summed E-state index contributed by atoms with van der Waals surface area (Å²) in [5.74, 6) is 0.118. The molecule has 1 amide bonds. The van der Waals surface area contributed by atoms with Gasteiger partial charge in [-0.15, -0.1) is 5.10 Å². The number of H-pyrrole nitrogens is 1. The number of rotatable bonds is 6. The number of aromatic nitrogens is 3. The molecular weight excluding hydrogens is 256 g/mol. The molecule has 18 heavy (non-hydrogen) atoms. The number of hydrogen-bond donors (Lipinski definition) is 2. The van der Waals surface area contributed by atoms with E-state index in [-0.39, 0.29) is 11.6 Å². The zero-order valence-corrected chi connectivity index (χ0v) is 11.5. The van der Waals surface area contributed by atoms with Crippen LogP contribution in [0.1, 0.15) is 36.7 Å². The molecule has 0 saturated heterocycles. The predicted molar refractivity (Wildman–Crippen MR) is 67.0 cm³/mol. The molecule has 7 nitrogen and oxygen atoms in total. The average molecular weight is 274 g/mol. The molecule has 0 bridgehead atoms. The maximum absolute atomic E-state index is 11.7. The van der Waals surface area contributed by atoms with E-state index in [0.717, 1.165) is 19.1 Å². The maximum atomic E-state index is 11.7. The van der Waals surface area contributed by atoms with Crippen molar-refractivity contribution >= 4 is 15.7 Å². The normalized spacial score (nSPS) is 13.3. The highest BCUT2D eigenvalue weighted by Crippen LogP contribution is 1.98. The fraction of sp³-hybridized carbons (Fsp3) is 0.700. The molecule has 0 aromatic carbocycles. The Morgan fingerprint density at radius 2 is 2.17 bits per heavy atom. The van der Waals surface area contributed by atoms with Gasteiger partial charge in [0.1, 0.15) is 15.7 Å². The Hall–Kier alpha value is -1.44. The lowest BCUT2D eigenvalue weighted by molar-refractivity contribution is 0.0933. The zero-order chi connectivity index (χ0) is 13.8. The number of aromatic amines is 1. The molecule has 0 aliphatic rings. The van der Waals surface area contributed by atoms with Crippen LogP contribution < -0.4 is 5.32 Å². The molecular formula is C10H18N4O3S. The standard InChI is InChI=1S/C10H18N4O3S/c1-4-5-8-12-9(14-13-8)10(15)11-7(2)6-18(3,16)17/h7H,4-6H2,1-3H3,(H,11,15)(H,12,13,14). The lowest BCUT2D eigenvalue weighted by Crippen LogP contribution is -2.37. The second-order valence-electron chi connectivity index (χ2n) is 4.32. The van der Waals surface area contributed by atoms with Crippen LogP contribution in [0.3, 0.4) is 0 Å². The highest BCUT2D eigenvalue weighted by molar-refractivity contribution is 7.90. The molecule has 0 radical (unpaired) electrons. The predicted octanol–water partition coefficient (Wildman–Crippen LogP) is -0.0799. The summed E-state index contributed by atoms with van der Waals surface area (Å²) in [7, 11) is -3.12. The van der Waals surface area contributed by atoms with E-state index in [2.05, 4.69) is 20.5 Å². The van der Waals surface area contributed by atoms with Crippen molar-refractivity contribution < 1.29 is 13.2 Å². The van der Waals surface area contributed by atoms with E-state index < -0.39 is 21.8 Å². The van der Waals surface area contributed by atoms with Crippen molar-refractivity contribution in [3.05, 3.63) is 11.6 Å². The SMILES string of the molecule is CCCc1nc(C(=O)NC(C)CS(C)(=O)=O)n[nH]1. The van der Waals surface area contributed by atoms with E-state index in [0.29, 0.717) is 5.82 Å². The quantitative estimate of drug-likeness (QED) is 0.755. The fourth-order valence-electron chi connectivity index (χ4n) is 1.53. The Balaban J connectivity index is 2.59. The van der Waals surface area contributed by atoms with Crippen molar-refractivity contribution in [2.45, 2.75) is 32.7 Å². The Morgan fingerprint density at radius 1 is 1.50 bits per heavy atom. The summed E-state index contributed by atoms with van der Waals surface area (Å²) < 4.78 is 22.1. The Morgan fingerprint density at radius 3 is 2.72 bits per heavy atom. The van der Waals surface area contributed by atoms with Gasteiger partial charge in [-0.05, 0) is 13.3 Å². The molecule has 1 heterocycles. The van der Waals surface area contributed by atoms with Gasteiger partial charge in [0.15, 0.2) is 0 Å². The van der Waals surface area contributed by atoms with Gasteiger partial charge in [-0.1, -0.05) is 6.92 Å². The van der Waals surface area contributed by atoms with Gasteiger partial charge in [-0.25, -0.2) is 13.4 Å². The van der Waals surface area contributed by atoms with E-state index >= 15 is 0 Å². The highest BCUT2D eigenvalue weighted by atomic mass is 32.2. The minimum absolute atomic E-state index is 0.0406. The second kappa shape index (κ2) is 5.94. The number of sulfone groups is 1. The molecule has 0 aliphatic heterocycles. The van der Waals surface area contributed by atoms with E-state index in [9.17, 15) is 13.2 Å². The second-order valence-corrected chi connectivity index (χ2v) is 6.51. The summed E-state index contributed by atoms with van der Waals surface area (Å²) in [6.07, 6.45) is 2.75. The Labute approximate surface area is 106 Å². The van der Waals surface area contributed by atoms with Crippen molar-refractivity contribution in [2.24, 2.45) is 0 Å². The van der Waals surface area contributed by atoms with Crippen LogP contribution in [-0.2, 0) is 16.3 Å². The minimum atomic E-state index is -3.12. The third-order valence-electron chi connectivity index (χ3n) is 2.15. The Kier molecular flexibility index (Phi) is 4.83. The minimum Gasteiger partial charge on any atom is -0.346 e. The fourth-order valence-corrected chi connectivity index (χ4v) is 2.52. The Bertz CT molecular complexity index is 509. The summed E-state index contributed by atoms with van der Waals surface area (Å²) >= 11 is 0. The van der Waals surface area contributed by atoms with Gasteiger partial charge in [0.25, 0.3) is 5.91 Å². The van der Waals surface area contributed by atoms with Gasteiger partial charge in [-0.3, -0.25) is 9.89 Å². The molecule has 1 aromatic rings. The molecule has 0 saturated carbocycles. The molecule has 102 valence electrons. The number of carbonyl (C=O) groups excluding carboxylic acids is 1. The van der Waals surface area contributed by atoms with Crippen molar-refractivity contribution in [1.29, 1.82) is 0 Å². The number of carbonyl (C=O) groups is 1. The van der Waals surface area contributed by atoms with Gasteiger partial charge in [0.05, 0.1) is 5.75 Å². The topological polar surface area (TPSA) is 105 Å². The highest BCUT2D eigenvalue weighted by Gasteiger charge is 2.17. The van der Waals surface area contributed by atoms with Gasteiger partial charge in [-0.2, -0.15) is 0 Å². The monoisotopic (exact) mass is 274 g/mol. The van der Waals surface area contributed by atoms with E-state index in [1.54, 1.807) is 6.92 Å². The first-order valence-electron chi connectivity index (χ1n) is 5.71. The van der Waals surface area contributed by atoms with Crippen LogP contribution in [0.2, 0.25) is 0 Å². The number of hydrogen-bond acceptors (Lipinski definition) is 5. The summed E-state index contributed by atoms with van der Waals surface area (Å²) in [6.45, 7) is 3.62. The first-order chi connectivity index (χ1) is 8.31. The maximum Gasteiger partial charge on any atom is 0.291 e. The molecule has 0 fully saturated rings. The van der Waals surface area contributed by atoms with Crippen LogP contribution in [0.4, 0.5) is 0 Å². The van der Waals surface area contributed by atoms with Crippen LogP contribution in [0.5, 0.6) is 0 Å². The number of amides is 1. The van der Waals surface area contributed by atoms with Gasteiger partial charge < -0.3 is 5.32 Å². The average Bonchev–Trinajstić information content (AvgIpc) is 2.63. The van der Waals surface area contributed by atoms with Gasteiger partial charge in [0.2, 0.25) is 5.82 Å². The molecule has 0 spiro atoms. The first kappa shape index (κ1) is 14.6. The molecule has 1 atom stereocenters. The van der Waals surface area contributed by atoms with Gasteiger partial charge >= 0.3 is 0 Å². The van der Waals surface area contributed by atoms with Crippen LogP contribution in [0, 0.1) is 0 Å². The van der Waals surface area contributed by atoms with E-state index in [1.807, 2.05) is 6.92 Å². The molecule has 1 aromatic heterocycles. The summed E-state index contributed by atoms with van der Waals surface area (Å²) in [5, 5.41) is 9.00. The lowest BCUT2D eigenvalue weighted by atomic mass is 10.3. The molecule has 8 heteroatoms. The molecule has 1 rings (SSSR count). The number of aryl methyl sites for hydroxylation is 1. The van der Waals surface area contributed by atoms with Crippen LogP contribution in [0.15, 0.2) is 0 Å². The summed E-state index contributed by atoms with van der Waals surface area (Å²) in [4.78, 5) is 15.7. The third-order valence-corrected chi connectivity index (χ3v) is 3.26. The summed E-state index contributed by atoms with van der Waals surface area (Å²) in [5.41, 5.74) is 0. The first-order valence-corrected chi connectivity index (χ1v) is 7.77. The van der Waals surface area contributed by atoms with Crippen LogP contribution in [0.25, 0.3) is 0 Å². The molecule has 1 unspecified atom stereocenters. The molecule has 0 aliphatic carbocycles. The van der Waals surface area contributed by atoms with Crippen molar-refractivity contribution in [2.75, 3.05) is 12.0 Å². The number of nitrogens with one attached hydrogen (secondary N) is 2. The smallest absolute Gasteiger partial charge is 0.291 e. The van der Waals surface area contributed by atoms with E-state index in [1.165, 1.54) is 0 Å². The van der Waals surface area contributed by atoms with Crippen molar-refractivity contribution in [3.8, 4) is 0 Å². The molecule has 2 N–H and O–H groups in total. The lowest BCUT2D eigenvalue weighted by Gasteiger charge is -2.10. The number of nitrogens with zero attached hydrogens (tertiary/aromatic N) is 2. The van der Waals surface area contributed by atoms with Crippen LogP contribution in [-0.4, -0.2) is 47.6 Å². The zero-order valence-electron chi connectivity index (χ0n) is 10.7. The largest absolute Gasteiger partial charge is 0.346 e. The summed E-state index contributed by atoms with van der Waals surface area (Å²) in [6, 6.07) is -0.472. The van der Waals surface area contributed by atoms with Crippen molar-refractivity contribution in [3.63, 3.8) is 0 Å². The third kappa shape index (κ3) is 4.82.